The van der Waals surface area contributed by atoms with Crippen LogP contribution >= 0.6 is 15.9 Å². The van der Waals surface area contributed by atoms with E-state index < -0.39 is 21.5 Å². The second-order valence-electron chi connectivity index (χ2n) is 10.00. The topological polar surface area (TPSA) is 57.7 Å². The Morgan fingerprint density at radius 1 is 0.868 bits per heavy atom. The number of carbonyl (C=O) groups is 1. The first-order valence-corrected chi connectivity index (χ1v) is 14.8. The maximum absolute atomic E-state index is 14.6. The summed E-state index contributed by atoms with van der Waals surface area (Å²) < 4.78 is 30.7. The number of carbonyl (C=O) groups excluding carboxylic acids is 1. The minimum absolute atomic E-state index is 0.0583. The van der Waals surface area contributed by atoms with Gasteiger partial charge in [-0.2, -0.15) is 4.31 Å². The van der Waals surface area contributed by atoms with E-state index in [0.717, 1.165) is 32.4 Å². The Hall–Kier alpha value is -3.26. The van der Waals surface area contributed by atoms with Gasteiger partial charge in [-0.05, 0) is 60.4 Å². The first kappa shape index (κ1) is 25.0. The van der Waals surface area contributed by atoms with Crippen molar-refractivity contribution in [2.24, 2.45) is 0 Å². The summed E-state index contributed by atoms with van der Waals surface area (Å²) in [5.41, 5.74) is 3.51. The summed E-state index contributed by atoms with van der Waals surface area (Å²) in [6, 6.07) is 31.7. The minimum Gasteiger partial charge on any atom is -0.307 e. The van der Waals surface area contributed by atoms with E-state index in [9.17, 15) is 13.2 Å². The molecule has 7 heteroatoms. The molecule has 192 valence electrons. The quantitative estimate of drug-likeness (QED) is 0.273. The van der Waals surface area contributed by atoms with Gasteiger partial charge in [0, 0.05) is 16.7 Å². The van der Waals surface area contributed by atoms with E-state index >= 15 is 0 Å². The molecule has 0 unspecified atom stereocenters. The van der Waals surface area contributed by atoms with E-state index in [1.165, 1.54) is 0 Å². The van der Waals surface area contributed by atoms with Crippen molar-refractivity contribution in [1.29, 1.82) is 0 Å². The zero-order chi connectivity index (χ0) is 26.5. The molecule has 2 atom stereocenters. The molecule has 0 aliphatic carbocycles. The lowest BCUT2D eigenvalue weighted by Crippen LogP contribution is -2.45. The molecule has 6 rings (SSSR count). The predicted molar refractivity (Wildman–Crippen MR) is 152 cm³/mol. The molecule has 0 radical (unpaired) electrons. The van der Waals surface area contributed by atoms with Crippen LogP contribution in [0.2, 0.25) is 0 Å². The number of sulfonamides is 1. The minimum atomic E-state index is -3.88. The van der Waals surface area contributed by atoms with E-state index in [1.807, 2.05) is 103 Å². The van der Waals surface area contributed by atoms with Crippen molar-refractivity contribution < 1.29 is 13.2 Å². The highest BCUT2D eigenvalue weighted by molar-refractivity contribution is 9.10. The summed E-state index contributed by atoms with van der Waals surface area (Å²) in [6.45, 7) is 2.60. The van der Waals surface area contributed by atoms with Crippen molar-refractivity contribution in [1.82, 2.24) is 4.31 Å². The summed E-state index contributed by atoms with van der Waals surface area (Å²) >= 11 is 3.50. The van der Waals surface area contributed by atoms with Crippen molar-refractivity contribution in [2.45, 2.75) is 36.2 Å². The highest BCUT2D eigenvalue weighted by Crippen LogP contribution is 2.58. The zero-order valence-corrected chi connectivity index (χ0v) is 23.3. The van der Waals surface area contributed by atoms with E-state index in [4.69, 9.17) is 0 Å². The van der Waals surface area contributed by atoms with Crippen LogP contribution < -0.4 is 4.90 Å². The third-order valence-corrected chi connectivity index (χ3v) is 10.2. The van der Waals surface area contributed by atoms with Crippen LogP contribution in [0.15, 0.2) is 112 Å². The number of rotatable bonds is 5. The third-order valence-electron chi connectivity index (χ3n) is 7.78. The standard InChI is InChI=1S/C31H27BrN2O3S/c1-22-11-17-26(18-12-22)38(36,37)34-20-19-31(29(34)24-13-15-25(32)16-14-24)27-9-5-6-10-28(27)33(30(31)35)21-23-7-3-2-4-8-23/h2-18,29H,19-21H2,1H3/t29-,31-/m1/s1. The van der Waals surface area contributed by atoms with Gasteiger partial charge in [0.15, 0.2) is 0 Å². The maximum atomic E-state index is 14.6. The molecule has 38 heavy (non-hydrogen) atoms. The number of nitrogens with zero attached hydrogens (tertiary/aromatic N) is 2. The molecule has 2 heterocycles. The number of amides is 1. The van der Waals surface area contributed by atoms with Crippen molar-refractivity contribution in [2.75, 3.05) is 11.4 Å². The fourth-order valence-electron chi connectivity index (χ4n) is 5.98. The molecule has 1 amide bonds. The number of benzene rings is 4. The fourth-order valence-corrected chi connectivity index (χ4v) is 7.91. The molecule has 0 saturated carbocycles. The Bertz CT molecular complexity index is 1610. The molecule has 4 aromatic rings. The average molecular weight is 588 g/mol. The SMILES string of the molecule is Cc1ccc(S(=O)(=O)N2CC[C@]3(C(=O)N(Cc4ccccc4)c4ccccc43)[C@H]2c2ccc(Br)cc2)cc1. The normalized spacial score (nSPS) is 21.3. The van der Waals surface area contributed by atoms with Gasteiger partial charge in [-0.3, -0.25) is 4.79 Å². The first-order valence-electron chi connectivity index (χ1n) is 12.6. The predicted octanol–water partition coefficient (Wildman–Crippen LogP) is 6.38. The van der Waals surface area contributed by atoms with Crippen molar-refractivity contribution in [3.05, 3.63) is 130 Å². The Morgan fingerprint density at radius 2 is 1.53 bits per heavy atom. The number of halogens is 1. The van der Waals surface area contributed by atoms with Crippen LogP contribution in [-0.4, -0.2) is 25.2 Å². The molecule has 1 saturated heterocycles. The van der Waals surface area contributed by atoms with Gasteiger partial charge in [0.25, 0.3) is 0 Å². The Kier molecular flexibility index (Phi) is 6.25. The highest BCUT2D eigenvalue weighted by atomic mass is 79.9. The van der Waals surface area contributed by atoms with Crippen LogP contribution in [0.5, 0.6) is 0 Å². The lowest BCUT2D eigenvalue weighted by atomic mass is 9.73. The second-order valence-corrected chi connectivity index (χ2v) is 12.8. The lowest BCUT2D eigenvalue weighted by molar-refractivity contribution is -0.124. The molecular formula is C31H27BrN2O3S. The molecule has 0 bridgehead atoms. The Balaban J connectivity index is 1.53. The number of hydrogen-bond acceptors (Lipinski definition) is 3. The van der Waals surface area contributed by atoms with Gasteiger partial charge in [0.05, 0.1) is 22.9 Å². The van der Waals surface area contributed by atoms with Gasteiger partial charge in [-0.25, -0.2) is 8.42 Å². The van der Waals surface area contributed by atoms with Gasteiger partial charge >= 0.3 is 0 Å². The van der Waals surface area contributed by atoms with Gasteiger partial charge in [-0.1, -0.05) is 94.3 Å². The number of aryl methyl sites for hydroxylation is 1. The number of hydrogen-bond donors (Lipinski definition) is 0. The zero-order valence-electron chi connectivity index (χ0n) is 20.9. The summed E-state index contributed by atoms with van der Waals surface area (Å²) in [6.07, 6.45) is 0.403. The monoisotopic (exact) mass is 586 g/mol. The van der Waals surface area contributed by atoms with E-state index in [-0.39, 0.29) is 17.3 Å². The maximum Gasteiger partial charge on any atom is 0.243 e. The molecule has 5 nitrogen and oxygen atoms in total. The number of fused-ring (bicyclic) bond motifs is 2. The van der Waals surface area contributed by atoms with Crippen molar-refractivity contribution in [3.8, 4) is 0 Å². The third kappa shape index (κ3) is 3.92. The van der Waals surface area contributed by atoms with Gasteiger partial charge in [0.2, 0.25) is 15.9 Å². The average Bonchev–Trinajstić information content (AvgIpc) is 3.44. The van der Waals surface area contributed by atoms with Crippen LogP contribution in [0.4, 0.5) is 5.69 Å². The van der Waals surface area contributed by atoms with Crippen LogP contribution in [-0.2, 0) is 26.8 Å². The van der Waals surface area contributed by atoms with Crippen LogP contribution in [0.1, 0.15) is 34.7 Å². The first-order chi connectivity index (χ1) is 18.3. The van der Waals surface area contributed by atoms with Crippen LogP contribution in [0.3, 0.4) is 0 Å². The molecule has 0 aromatic heterocycles. The molecule has 1 fully saturated rings. The van der Waals surface area contributed by atoms with Crippen molar-refractivity contribution >= 4 is 37.5 Å². The Morgan fingerprint density at radius 3 is 2.24 bits per heavy atom. The second kappa shape index (κ2) is 9.49. The summed E-state index contributed by atoms with van der Waals surface area (Å²) in [7, 11) is -3.88. The van der Waals surface area contributed by atoms with E-state index in [0.29, 0.717) is 13.0 Å². The number of anilines is 1. The van der Waals surface area contributed by atoms with Gasteiger partial charge in [0.1, 0.15) is 0 Å². The molecule has 0 N–H and O–H groups in total. The summed E-state index contributed by atoms with van der Waals surface area (Å²) in [4.78, 5) is 16.7. The summed E-state index contributed by atoms with van der Waals surface area (Å²) in [5.74, 6) is -0.0583. The van der Waals surface area contributed by atoms with Gasteiger partial charge in [-0.15, -0.1) is 0 Å². The summed E-state index contributed by atoms with van der Waals surface area (Å²) in [5, 5.41) is 0. The highest BCUT2D eigenvalue weighted by Gasteiger charge is 2.62. The lowest BCUT2D eigenvalue weighted by Gasteiger charge is -2.34. The van der Waals surface area contributed by atoms with E-state index in [1.54, 1.807) is 16.4 Å². The van der Waals surface area contributed by atoms with Crippen molar-refractivity contribution in [3.63, 3.8) is 0 Å². The largest absolute Gasteiger partial charge is 0.307 e. The van der Waals surface area contributed by atoms with Crippen LogP contribution in [0.25, 0.3) is 0 Å². The molecular weight excluding hydrogens is 560 g/mol. The molecule has 1 spiro atoms. The number of para-hydroxylation sites is 1. The molecule has 4 aromatic carbocycles. The van der Waals surface area contributed by atoms with Gasteiger partial charge < -0.3 is 4.90 Å². The Labute approximate surface area is 231 Å². The van der Waals surface area contributed by atoms with Crippen LogP contribution in [0, 0.1) is 6.92 Å². The fraction of sp³-hybridized carbons (Fsp3) is 0.194. The molecule has 2 aliphatic rings. The van der Waals surface area contributed by atoms with E-state index in [2.05, 4.69) is 15.9 Å². The molecule has 2 aliphatic heterocycles. The smallest absolute Gasteiger partial charge is 0.243 e.